The number of hydrogen-bond donors (Lipinski definition) is 1. The number of nitrogens with one attached hydrogen (secondary N) is 1. The van der Waals surface area contributed by atoms with Gasteiger partial charge in [-0.05, 0) is 36.0 Å². The molecule has 2 aromatic rings. The zero-order chi connectivity index (χ0) is 17.1. The van der Waals surface area contributed by atoms with Gasteiger partial charge in [-0.1, -0.05) is 29.8 Å². The number of nitro groups is 1. The van der Waals surface area contributed by atoms with Crippen molar-refractivity contribution in [1.82, 2.24) is 5.32 Å². The van der Waals surface area contributed by atoms with Gasteiger partial charge in [0.1, 0.15) is 0 Å². The Morgan fingerprint density at radius 3 is 2.67 bits per heavy atom. The highest BCUT2D eigenvalue weighted by atomic mass is 35.5. The van der Waals surface area contributed by atoms with Gasteiger partial charge in [0.2, 0.25) is 0 Å². The van der Waals surface area contributed by atoms with E-state index in [0.29, 0.717) is 20.7 Å². The van der Waals surface area contributed by atoms with Crippen molar-refractivity contribution in [2.45, 2.75) is 0 Å². The van der Waals surface area contributed by atoms with Gasteiger partial charge in [0.15, 0.2) is 5.17 Å². The van der Waals surface area contributed by atoms with Gasteiger partial charge in [-0.25, -0.2) is 4.99 Å². The summed E-state index contributed by atoms with van der Waals surface area (Å²) in [4.78, 5) is 27.1. The van der Waals surface area contributed by atoms with Crippen molar-refractivity contribution in [3.05, 3.63) is 74.1 Å². The molecule has 1 aliphatic heterocycles. The zero-order valence-electron chi connectivity index (χ0n) is 12.1. The number of thioether (sulfide) groups is 1. The van der Waals surface area contributed by atoms with Crippen LogP contribution in [0.3, 0.4) is 0 Å². The maximum Gasteiger partial charge on any atom is 0.270 e. The smallest absolute Gasteiger partial charge is 0.270 e. The van der Waals surface area contributed by atoms with E-state index >= 15 is 0 Å². The number of para-hydroxylation sites is 1. The molecule has 2 aromatic carbocycles. The Morgan fingerprint density at radius 2 is 1.96 bits per heavy atom. The van der Waals surface area contributed by atoms with E-state index in [1.807, 2.05) is 30.3 Å². The summed E-state index contributed by atoms with van der Waals surface area (Å²) in [6.07, 6.45) is 1.52. The highest BCUT2D eigenvalue weighted by Gasteiger charge is 2.24. The van der Waals surface area contributed by atoms with Crippen molar-refractivity contribution < 1.29 is 9.72 Å². The Kier molecular flexibility index (Phi) is 4.64. The van der Waals surface area contributed by atoms with Crippen LogP contribution in [0.2, 0.25) is 5.02 Å². The number of nitro benzene ring substituents is 1. The molecule has 1 heterocycles. The van der Waals surface area contributed by atoms with Gasteiger partial charge in [0.25, 0.3) is 11.6 Å². The van der Waals surface area contributed by atoms with E-state index < -0.39 is 4.92 Å². The lowest BCUT2D eigenvalue weighted by Crippen LogP contribution is -2.19. The standard InChI is InChI=1S/C16H10ClN3O3S/c17-13-7-6-12(20(22)23)8-10(13)9-14-15(21)19-16(24-14)18-11-4-2-1-3-5-11/h1-9H,(H,18,19,21)/b14-9+. The number of nitrogens with zero attached hydrogens (tertiary/aromatic N) is 2. The second-order valence-electron chi connectivity index (χ2n) is 4.78. The van der Waals surface area contributed by atoms with E-state index in [-0.39, 0.29) is 11.6 Å². The number of non-ortho nitro benzene ring substituents is 1. The van der Waals surface area contributed by atoms with Gasteiger partial charge in [0, 0.05) is 22.7 Å². The maximum atomic E-state index is 12.1. The Labute approximate surface area is 146 Å². The molecule has 0 radical (unpaired) electrons. The first kappa shape index (κ1) is 16.2. The van der Waals surface area contributed by atoms with Crippen LogP contribution in [0.5, 0.6) is 0 Å². The molecule has 1 N–H and O–H groups in total. The van der Waals surface area contributed by atoms with Crippen LogP contribution in [-0.2, 0) is 4.79 Å². The van der Waals surface area contributed by atoms with Crippen LogP contribution in [-0.4, -0.2) is 16.0 Å². The quantitative estimate of drug-likeness (QED) is 0.507. The van der Waals surface area contributed by atoms with Crippen LogP contribution in [0.1, 0.15) is 5.56 Å². The lowest BCUT2D eigenvalue weighted by molar-refractivity contribution is -0.384. The minimum absolute atomic E-state index is 0.0900. The summed E-state index contributed by atoms with van der Waals surface area (Å²) in [6, 6.07) is 13.3. The number of amidine groups is 1. The van der Waals surface area contributed by atoms with Crippen molar-refractivity contribution in [3.8, 4) is 0 Å². The molecule has 0 aromatic heterocycles. The molecule has 1 saturated heterocycles. The Bertz CT molecular complexity index is 881. The van der Waals surface area contributed by atoms with Crippen molar-refractivity contribution in [2.75, 3.05) is 0 Å². The Hall–Kier alpha value is -2.64. The average Bonchev–Trinajstić information content (AvgIpc) is 2.89. The van der Waals surface area contributed by atoms with Gasteiger partial charge in [-0.3, -0.25) is 14.9 Å². The van der Waals surface area contributed by atoms with Gasteiger partial charge < -0.3 is 5.32 Å². The average molecular weight is 360 g/mol. The molecule has 1 aliphatic rings. The largest absolute Gasteiger partial charge is 0.300 e. The zero-order valence-corrected chi connectivity index (χ0v) is 13.7. The number of halogens is 1. The molecule has 0 unspecified atom stereocenters. The fraction of sp³-hybridized carbons (Fsp3) is 0. The minimum Gasteiger partial charge on any atom is -0.300 e. The molecule has 0 spiro atoms. The molecular formula is C16H10ClN3O3S. The van der Waals surface area contributed by atoms with Crippen LogP contribution in [0, 0.1) is 10.1 Å². The number of aliphatic imine (C=N–C) groups is 1. The third-order valence-electron chi connectivity index (χ3n) is 3.11. The summed E-state index contributed by atoms with van der Waals surface area (Å²) in [7, 11) is 0. The van der Waals surface area contributed by atoms with Crippen LogP contribution >= 0.6 is 23.4 Å². The lowest BCUT2D eigenvalue weighted by atomic mass is 10.2. The normalized spacial score (nSPS) is 17.3. The summed E-state index contributed by atoms with van der Waals surface area (Å²) in [5.74, 6) is -0.322. The van der Waals surface area contributed by atoms with E-state index in [0.717, 1.165) is 17.4 Å². The third kappa shape index (κ3) is 3.64. The van der Waals surface area contributed by atoms with Crippen LogP contribution < -0.4 is 5.32 Å². The van der Waals surface area contributed by atoms with Crippen LogP contribution in [0.15, 0.2) is 58.4 Å². The van der Waals surface area contributed by atoms with Gasteiger partial charge in [0.05, 0.1) is 15.5 Å². The monoisotopic (exact) mass is 359 g/mol. The molecule has 0 aliphatic carbocycles. The highest BCUT2D eigenvalue weighted by Crippen LogP contribution is 2.31. The molecule has 0 saturated carbocycles. The maximum absolute atomic E-state index is 12.1. The minimum atomic E-state index is -0.511. The van der Waals surface area contributed by atoms with E-state index in [9.17, 15) is 14.9 Å². The van der Waals surface area contributed by atoms with E-state index in [4.69, 9.17) is 11.6 Å². The molecule has 1 amide bonds. The lowest BCUT2D eigenvalue weighted by Gasteiger charge is -1.99. The van der Waals surface area contributed by atoms with E-state index in [1.54, 1.807) is 0 Å². The first-order chi connectivity index (χ1) is 11.5. The van der Waals surface area contributed by atoms with Crippen LogP contribution in [0.25, 0.3) is 6.08 Å². The molecule has 1 fully saturated rings. The SMILES string of the molecule is O=C1NC(=Nc2ccccc2)S/C1=C/c1cc([N+](=O)[O-])ccc1Cl. The molecule has 24 heavy (non-hydrogen) atoms. The molecule has 3 rings (SSSR count). The first-order valence-corrected chi connectivity index (χ1v) is 8.01. The summed E-state index contributed by atoms with van der Waals surface area (Å²) in [5, 5.41) is 14.3. The number of amides is 1. The fourth-order valence-corrected chi connectivity index (χ4v) is 3.00. The highest BCUT2D eigenvalue weighted by molar-refractivity contribution is 8.18. The topological polar surface area (TPSA) is 84.6 Å². The van der Waals surface area contributed by atoms with Gasteiger partial charge >= 0.3 is 0 Å². The summed E-state index contributed by atoms with van der Waals surface area (Å²) in [6.45, 7) is 0. The first-order valence-electron chi connectivity index (χ1n) is 6.81. The van der Waals surface area contributed by atoms with Crippen molar-refractivity contribution in [1.29, 1.82) is 0 Å². The molecular weight excluding hydrogens is 350 g/mol. The second-order valence-corrected chi connectivity index (χ2v) is 6.22. The predicted octanol–water partition coefficient (Wildman–Crippen LogP) is 4.14. The van der Waals surface area contributed by atoms with Crippen molar-refractivity contribution in [2.24, 2.45) is 4.99 Å². The Morgan fingerprint density at radius 1 is 1.21 bits per heavy atom. The predicted molar refractivity (Wildman–Crippen MR) is 95.4 cm³/mol. The second kappa shape index (κ2) is 6.86. The molecule has 6 nitrogen and oxygen atoms in total. The van der Waals surface area contributed by atoms with Crippen LogP contribution in [0.4, 0.5) is 11.4 Å². The molecule has 0 bridgehead atoms. The number of rotatable bonds is 3. The molecule has 120 valence electrons. The number of hydrogen-bond acceptors (Lipinski definition) is 5. The summed E-state index contributed by atoms with van der Waals surface area (Å²) >= 11 is 7.21. The van der Waals surface area contributed by atoms with Gasteiger partial charge in [-0.15, -0.1) is 0 Å². The summed E-state index contributed by atoms with van der Waals surface area (Å²) < 4.78 is 0. The Balaban J connectivity index is 1.89. The number of benzene rings is 2. The third-order valence-corrected chi connectivity index (χ3v) is 4.37. The molecule has 8 heteroatoms. The van der Waals surface area contributed by atoms with Crippen molar-refractivity contribution in [3.63, 3.8) is 0 Å². The number of carbonyl (C=O) groups excluding carboxylic acids is 1. The van der Waals surface area contributed by atoms with E-state index in [1.165, 1.54) is 24.3 Å². The van der Waals surface area contributed by atoms with Gasteiger partial charge in [-0.2, -0.15) is 0 Å². The van der Waals surface area contributed by atoms with Crippen molar-refractivity contribution >= 4 is 51.9 Å². The number of carbonyl (C=O) groups is 1. The fourth-order valence-electron chi connectivity index (χ4n) is 2.00. The summed E-state index contributed by atoms with van der Waals surface area (Å²) in [5.41, 5.74) is 1.03. The molecule has 0 atom stereocenters. The van der Waals surface area contributed by atoms with E-state index in [2.05, 4.69) is 10.3 Å².